The van der Waals surface area contributed by atoms with Crippen LogP contribution in [-0.4, -0.2) is 4.98 Å². The van der Waals surface area contributed by atoms with E-state index in [1.54, 1.807) is 13.0 Å². The topological polar surface area (TPSA) is 26.0 Å². The van der Waals surface area contributed by atoms with Crippen LogP contribution < -0.4 is 0 Å². The maximum absolute atomic E-state index is 13.2. The van der Waals surface area contributed by atoms with Crippen molar-refractivity contribution in [1.29, 1.82) is 0 Å². The number of furan rings is 1. The van der Waals surface area contributed by atoms with E-state index in [0.717, 1.165) is 11.8 Å². The fourth-order valence-corrected chi connectivity index (χ4v) is 1.89. The van der Waals surface area contributed by atoms with Crippen molar-refractivity contribution >= 4 is 11.8 Å². The highest BCUT2D eigenvalue weighted by molar-refractivity contribution is 7.99. The van der Waals surface area contributed by atoms with Gasteiger partial charge in [0, 0.05) is 6.07 Å². The standard InChI is InChI=1S/C10H6F3NOS/c1-5-8(2-3-15-5)16-10-7(12)4-6(11)9(13)14-10/h2-4H,1H3. The number of aromatic nitrogens is 1. The number of rotatable bonds is 2. The molecule has 6 heteroatoms. The molecule has 2 heterocycles. The van der Waals surface area contributed by atoms with Gasteiger partial charge in [-0.15, -0.1) is 0 Å². The summed E-state index contributed by atoms with van der Waals surface area (Å²) in [5.74, 6) is -2.95. The molecular weight excluding hydrogens is 239 g/mol. The molecule has 16 heavy (non-hydrogen) atoms. The van der Waals surface area contributed by atoms with Crippen LogP contribution in [0.2, 0.25) is 0 Å². The van der Waals surface area contributed by atoms with E-state index in [2.05, 4.69) is 4.98 Å². The van der Waals surface area contributed by atoms with Crippen molar-refractivity contribution in [2.75, 3.05) is 0 Å². The van der Waals surface area contributed by atoms with Gasteiger partial charge in [-0.2, -0.15) is 4.39 Å². The molecule has 0 aliphatic heterocycles. The number of aryl methyl sites for hydroxylation is 1. The summed E-state index contributed by atoms with van der Waals surface area (Å²) >= 11 is 0.884. The van der Waals surface area contributed by atoms with Gasteiger partial charge in [0.05, 0.1) is 11.2 Å². The Bertz CT molecular complexity index is 527. The summed E-state index contributed by atoms with van der Waals surface area (Å²) in [5.41, 5.74) is 0. The molecule has 2 nitrogen and oxygen atoms in total. The maximum atomic E-state index is 13.2. The van der Waals surface area contributed by atoms with E-state index in [1.807, 2.05) is 0 Å². The van der Waals surface area contributed by atoms with Crippen LogP contribution >= 0.6 is 11.8 Å². The predicted molar refractivity (Wildman–Crippen MR) is 51.7 cm³/mol. The van der Waals surface area contributed by atoms with Crippen LogP contribution in [0.15, 0.2) is 32.7 Å². The Hall–Kier alpha value is -1.43. The van der Waals surface area contributed by atoms with Crippen LogP contribution in [0, 0.1) is 24.5 Å². The van der Waals surface area contributed by atoms with Crippen molar-refractivity contribution in [2.45, 2.75) is 16.8 Å². The van der Waals surface area contributed by atoms with Crippen molar-refractivity contribution < 1.29 is 17.6 Å². The van der Waals surface area contributed by atoms with Crippen LogP contribution in [-0.2, 0) is 0 Å². The SMILES string of the molecule is Cc1occc1Sc1nc(F)c(F)cc1F. The van der Waals surface area contributed by atoms with Gasteiger partial charge in [0.25, 0.3) is 0 Å². The second-order valence-corrected chi connectivity index (χ2v) is 4.02. The first-order valence-corrected chi connectivity index (χ1v) is 5.13. The molecule has 2 rings (SSSR count). The number of hydrogen-bond donors (Lipinski definition) is 0. The fourth-order valence-electron chi connectivity index (χ4n) is 1.08. The molecule has 0 radical (unpaired) electrons. The Morgan fingerprint density at radius 1 is 1.25 bits per heavy atom. The molecule has 0 atom stereocenters. The van der Waals surface area contributed by atoms with Crippen LogP contribution in [0.1, 0.15) is 5.76 Å². The van der Waals surface area contributed by atoms with E-state index >= 15 is 0 Å². The van der Waals surface area contributed by atoms with Gasteiger partial charge >= 0.3 is 0 Å². The maximum Gasteiger partial charge on any atom is 0.250 e. The van der Waals surface area contributed by atoms with E-state index in [-0.39, 0.29) is 5.03 Å². The van der Waals surface area contributed by atoms with Crippen molar-refractivity contribution in [1.82, 2.24) is 4.98 Å². The summed E-state index contributed by atoms with van der Waals surface area (Å²) in [4.78, 5) is 3.80. The highest BCUT2D eigenvalue weighted by Crippen LogP contribution is 2.31. The minimum atomic E-state index is -1.31. The lowest BCUT2D eigenvalue weighted by atomic mass is 10.4. The van der Waals surface area contributed by atoms with Gasteiger partial charge in [-0.25, -0.2) is 13.8 Å². The number of hydrogen-bond acceptors (Lipinski definition) is 3. The van der Waals surface area contributed by atoms with Gasteiger partial charge in [-0.3, -0.25) is 0 Å². The Morgan fingerprint density at radius 2 is 2.00 bits per heavy atom. The second kappa shape index (κ2) is 4.21. The molecule has 0 aromatic carbocycles. The lowest BCUT2D eigenvalue weighted by Gasteiger charge is -2.01. The molecule has 0 N–H and O–H groups in total. The Morgan fingerprint density at radius 3 is 2.62 bits per heavy atom. The smallest absolute Gasteiger partial charge is 0.250 e. The van der Waals surface area contributed by atoms with Crippen LogP contribution in [0.25, 0.3) is 0 Å². The molecule has 0 saturated carbocycles. The highest BCUT2D eigenvalue weighted by atomic mass is 32.2. The zero-order valence-electron chi connectivity index (χ0n) is 8.13. The third-order valence-electron chi connectivity index (χ3n) is 1.87. The molecule has 0 fully saturated rings. The average Bonchev–Trinajstić information content (AvgIpc) is 2.61. The summed E-state index contributed by atoms with van der Waals surface area (Å²) in [6.07, 6.45) is 1.43. The van der Waals surface area contributed by atoms with Crippen molar-refractivity contribution in [3.8, 4) is 0 Å². The molecule has 2 aromatic rings. The zero-order chi connectivity index (χ0) is 11.7. The van der Waals surface area contributed by atoms with Gasteiger partial charge < -0.3 is 4.42 Å². The lowest BCUT2D eigenvalue weighted by molar-refractivity contribution is 0.448. The normalized spacial score (nSPS) is 10.8. The molecule has 0 unspecified atom stereocenters. The van der Waals surface area contributed by atoms with Crippen molar-refractivity contribution in [3.05, 3.63) is 41.7 Å². The lowest BCUT2D eigenvalue weighted by Crippen LogP contribution is -1.95. The third kappa shape index (κ3) is 2.06. The fraction of sp³-hybridized carbons (Fsp3) is 0.100. The third-order valence-corrected chi connectivity index (χ3v) is 3.00. The van der Waals surface area contributed by atoms with Gasteiger partial charge in [0.1, 0.15) is 10.8 Å². The largest absolute Gasteiger partial charge is 0.468 e. The first kappa shape index (κ1) is 11.1. The van der Waals surface area contributed by atoms with Crippen LogP contribution in [0.4, 0.5) is 13.2 Å². The van der Waals surface area contributed by atoms with E-state index in [0.29, 0.717) is 16.7 Å². The first-order chi connectivity index (χ1) is 7.58. The predicted octanol–water partition coefficient (Wildman–Crippen LogP) is 3.55. The molecule has 0 aliphatic carbocycles. The summed E-state index contributed by atoms with van der Waals surface area (Å²) in [5, 5.41) is -0.219. The number of pyridine rings is 1. The molecule has 84 valence electrons. The summed E-state index contributed by atoms with van der Waals surface area (Å²) in [7, 11) is 0. The van der Waals surface area contributed by atoms with E-state index in [4.69, 9.17) is 4.42 Å². The van der Waals surface area contributed by atoms with Gasteiger partial charge in [-0.1, -0.05) is 11.8 Å². The van der Waals surface area contributed by atoms with Crippen LogP contribution in [0.5, 0.6) is 0 Å². The second-order valence-electron chi connectivity index (χ2n) is 2.99. The van der Waals surface area contributed by atoms with Crippen molar-refractivity contribution in [3.63, 3.8) is 0 Å². The molecule has 0 amide bonds. The minimum absolute atomic E-state index is 0.219. The Kier molecular flexibility index (Phi) is 2.91. The molecule has 0 aliphatic rings. The monoisotopic (exact) mass is 245 g/mol. The minimum Gasteiger partial charge on any atom is -0.468 e. The molecular formula is C10H6F3NOS. The van der Waals surface area contributed by atoms with Gasteiger partial charge in [0.15, 0.2) is 11.6 Å². The first-order valence-electron chi connectivity index (χ1n) is 4.31. The quantitative estimate of drug-likeness (QED) is 0.757. The van der Waals surface area contributed by atoms with E-state index < -0.39 is 17.6 Å². The average molecular weight is 245 g/mol. The van der Waals surface area contributed by atoms with E-state index in [1.165, 1.54) is 6.26 Å². The Labute approximate surface area is 93.5 Å². The van der Waals surface area contributed by atoms with Gasteiger partial charge in [0.2, 0.25) is 5.95 Å². The molecule has 2 aromatic heterocycles. The molecule has 0 spiro atoms. The van der Waals surface area contributed by atoms with E-state index in [9.17, 15) is 13.2 Å². The molecule has 0 bridgehead atoms. The summed E-state index contributed by atoms with van der Waals surface area (Å²) in [6.45, 7) is 1.68. The van der Waals surface area contributed by atoms with Crippen LogP contribution in [0.3, 0.4) is 0 Å². The molecule has 0 saturated heterocycles. The summed E-state index contributed by atoms with van der Waals surface area (Å²) < 4.78 is 43.6. The highest BCUT2D eigenvalue weighted by Gasteiger charge is 2.14. The zero-order valence-corrected chi connectivity index (χ0v) is 8.95. The Balaban J connectivity index is 2.35. The number of halogens is 3. The van der Waals surface area contributed by atoms with Crippen molar-refractivity contribution in [2.24, 2.45) is 0 Å². The number of nitrogens with zero attached hydrogens (tertiary/aromatic N) is 1. The summed E-state index contributed by atoms with van der Waals surface area (Å²) in [6, 6.07) is 2.07. The van der Waals surface area contributed by atoms with Gasteiger partial charge in [-0.05, 0) is 13.0 Å².